The Hall–Kier alpha value is -3.06. The van der Waals surface area contributed by atoms with Gasteiger partial charge in [0, 0.05) is 29.9 Å². The van der Waals surface area contributed by atoms with Gasteiger partial charge in [-0.05, 0) is 42.3 Å². The Kier molecular flexibility index (Phi) is 6.39. The molecule has 6 nitrogen and oxygen atoms in total. The summed E-state index contributed by atoms with van der Waals surface area (Å²) in [6, 6.07) is 14.1. The van der Waals surface area contributed by atoms with E-state index in [1.165, 1.54) is 18.4 Å². The van der Waals surface area contributed by atoms with Crippen molar-refractivity contribution in [1.29, 1.82) is 0 Å². The van der Waals surface area contributed by atoms with Crippen molar-refractivity contribution in [2.45, 2.75) is 6.92 Å². The summed E-state index contributed by atoms with van der Waals surface area (Å²) in [5, 5.41) is 0.758. The van der Waals surface area contributed by atoms with Gasteiger partial charge in [0.15, 0.2) is 17.2 Å². The maximum atomic E-state index is 12.2. The van der Waals surface area contributed by atoms with Crippen molar-refractivity contribution >= 4 is 39.0 Å². The van der Waals surface area contributed by atoms with Crippen LogP contribution in [0.1, 0.15) is 16.6 Å². The fourth-order valence-corrected chi connectivity index (χ4v) is 4.01. The average Bonchev–Trinajstić information content (AvgIpc) is 3.09. The number of thiophene rings is 1. The van der Waals surface area contributed by atoms with E-state index < -0.39 is 11.9 Å². The SMILES string of the molecule is CCOC(=O)COc1c(C(=O)OC)sc2cc(-c3ccc(N(C)C)cc3)ccc12. The highest BCUT2D eigenvalue weighted by Crippen LogP contribution is 2.40. The van der Waals surface area contributed by atoms with E-state index in [0.29, 0.717) is 10.6 Å². The van der Waals surface area contributed by atoms with Crippen LogP contribution in [0.5, 0.6) is 5.75 Å². The number of hydrogen-bond donors (Lipinski definition) is 0. The quantitative estimate of drug-likeness (QED) is 0.536. The van der Waals surface area contributed by atoms with E-state index in [9.17, 15) is 9.59 Å². The van der Waals surface area contributed by atoms with Gasteiger partial charge in [-0.2, -0.15) is 0 Å². The Bertz CT molecular complexity index is 1020. The van der Waals surface area contributed by atoms with Crippen LogP contribution in [0.4, 0.5) is 5.69 Å². The molecule has 152 valence electrons. The van der Waals surface area contributed by atoms with E-state index in [1.807, 2.05) is 37.2 Å². The van der Waals surface area contributed by atoms with Crippen LogP contribution in [0.15, 0.2) is 42.5 Å². The summed E-state index contributed by atoms with van der Waals surface area (Å²) < 4.78 is 16.3. The molecule has 1 aromatic heterocycles. The van der Waals surface area contributed by atoms with Crippen LogP contribution < -0.4 is 9.64 Å². The van der Waals surface area contributed by atoms with Gasteiger partial charge < -0.3 is 19.1 Å². The molecule has 0 aliphatic heterocycles. The minimum atomic E-state index is -0.498. The second kappa shape index (κ2) is 8.96. The molecule has 0 radical (unpaired) electrons. The molecule has 1 heterocycles. The van der Waals surface area contributed by atoms with Gasteiger partial charge >= 0.3 is 11.9 Å². The topological polar surface area (TPSA) is 65.1 Å². The number of esters is 2. The first-order chi connectivity index (χ1) is 13.9. The number of anilines is 1. The number of ether oxygens (including phenoxy) is 3. The van der Waals surface area contributed by atoms with Crippen LogP contribution in [0.25, 0.3) is 21.2 Å². The molecule has 3 aromatic rings. The largest absolute Gasteiger partial charge is 0.479 e. The summed E-state index contributed by atoms with van der Waals surface area (Å²) >= 11 is 1.28. The van der Waals surface area contributed by atoms with E-state index in [-0.39, 0.29) is 13.2 Å². The van der Waals surface area contributed by atoms with E-state index in [0.717, 1.165) is 26.9 Å². The van der Waals surface area contributed by atoms with E-state index in [2.05, 4.69) is 24.3 Å². The molecule has 0 aliphatic rings. The maximum Gasteiger partial charge on any atom is 0.351 e. The molecule has 0 saturated heterocycles. The molecule has 0 spiro atoms. The molecule has 0 aliphatic carbocycles. The van der Waals surface area contributed by atoms with E-state index in [4.69, 9.17) is 14.2 Å². The highest BCUT2D eigenvalue weighted by Gasteiger charge is 2.22. The molecular formula is C22H23NO5S. The van der Waals surface area contributed by atoms with E-state index >= 15 is 0 Å². The molecule has 3 rings (SSSR count). The first kappa shape index (κ1) is 20.7. The van der Waals surface area contributed by atoms with Gasteiger partial charge in [-0.25, -0.2) is 9.59 Å². The molecule has 0 bridgehead atoms. The van der Waals surface area contributed by atoms with Gasteiger partial charge in [0.1, 0.15) is 0 Å². The van der Waals surface area contributed by atoms with E-state index in [1.54, 1.807) is 6.92 Å². The van der Waals surface area contributed by atoms with Crippen molar-refractivity contribution in [3.63, 3.8) is 0 Å². The Morgan fingerprint density at radius 1 is 1.03 bits per heavy atom. The van der Waals surface area contributed by atoms with Crippen molar-refractivity contribution in [2.24, 2.45) is 0 Å². The molecule has 2 aromatic carbocycles. The number of hydrogen-bond acceptors (Lipinski definition) is 7. The minimum Gasteiger partial charge on any atom is -0.479 e. The predicted octanol–water partition coefficient (Wildman–Crippen LogP) is 4.36. The number of methoxy groups -OCH3 is 1. The Balaban J connectivity index is 1.98. The summed E-state index contributed by atoms with van der Waals surface area (Å²) in [5.41, 5.74) is 3.21. The van der Waals surface area contributed by atoms with Crippen LogP contribution in [0.2, 0.25) is 0 Å². The zero-order valence-corrected chi connectivity index (χ0v) is 17.7. The standard InChI is InChI=1S/C22H23NO5S/c1-5-27-19(24)13-28-20-17-11-8-15(12-18(17)29-21(20)22(25)26-4)14-6-9-16(10-7-14)23(2)3/h6-12H,5,13H2,1-4H3. The van der Waals surface area contributed by atoms with Crippen LogP contribution in [-0.4, -0.2) is 46.4 Å². The molecule has 0 unspecified atom stereocenters. The van der Waals surface area contributed by atoms with Crippen LogP contribution >= 0.6 is 11.3 Å². The highest BCUT2D eigenvalue weighted by atomic mass is 32.1. The smallest absolute Gasteiger partial charge is 0.351 e. The Labute approximate surface area is 173 Å². The second-order valence-corrected chi connectivity index (χ2v) is 7.55. The molecule has 0 atom stereocenters. The van der Waals surface area contributed by atoms with Gasteiger partial charge in [0.05, 0.1) is 13.7 Å². The predicted molar refractivity (Wildman–Crippen MR) is 115 cm³/mol. The van der Waals surface area contributed by atoms with Crippen molar-refractivity contribution in [3.05, 3.63) is 47.3 Å². The first-order valence-corrected chi connectivity index (χ1v) is 9.97. The lowest BCUT2D eigenvalue weighted by atomic mass is 10.0. The summed E-state index contributed by atoms with van der Waals surface area (Å²) in [7, 11) is 5.32. The lowest BCUT2D eigenvalue weighted by Crippen LogP contribution is -2.15. The third-order valence-electron chi connectivity index (χ3n) is 4.37. The van der Waals surface area contributed by atoms with Crippen molar-refractivity contribution in [2.75, 3.05) is 39.3 Å². The lowest BCUT2D eigenvalue weighted by molar-refractivity contribution is -0.145. The van der Waals surface area contributed by atoms with Crippen molar-refractivity contribution < 1.29 is 23.8 Å². The lowest BCUT2D eigenvalue weighted by Gasteiger charge is -2.12. The number of carbonyl (C=O) groups excluding carboxylic acids is 2. The van der Waals surface area contributed by atoms with Gasteiger partial charge in [-0.15, -0.1) is 11.3 Å². The fourth-order valence-electron chi connectivity index (χ4n) is 2.91. The molecule has 0 amide bonds. The van der Waals surface area contributed by atoms with Crippen LogP contribution in [0.3, 0.4) is 0 Å². The average molecular weight is 413 g/mol. The summed E-state index contributed by atoms with van der Waals surface area (Å²) in [4.78, 5) is 26.3. The molecule has 0 N–H and O–H groups in total. The number of carbonyl (C=O) groups is 2. The number of rotatable bonds is 7. The summed E-state index contributed by atoms with van der Waals surface area (Å²) in [5.74, 6) is -0.637. The van der Waals surface area contributed by atoms with Gasteiger partial charge in [0.2, 0.25) is 0 Å². The van der Waals surface area contributed by atoms with Crippen molar-refractivity contribution in [3.8, 4) is 16.9 Å². The Morgan fingerprint density at radius 2 is 1.72 bits per heavy atom. The highest BCUT2D eigenvalue weighted by molar-refractivity contribution is 7.21. The normalized spacial score (nSPS) is 10.6. The molecule has 7 heteroatoms. The number of benzene rings is 2. The molecular weight excluding hydrogens is 390 g/mol. The fraction of sp³-hybridized carbons (Fsp3) is 0.273. The molecule has 0 saturated carbocycles. The zero-order valence-electron chi connectivity index (χ0n) is 16.9. The second-order valence-electron chi connectivity index (χ2n) is 6.50. The Morgan fingerprint density at radius 3 is 2.34 bits per heavy atom. The number of nitrogens with zero attached hydrogens (tertiary/aromatic N) is 1. The third-order valence-corrected chi connectivity index (χ3v) is 5.49. The number of fused-ring (bicyclic) bond motifs is 1. The molecule has 0 fully saturated rings. The van der Waals surface area contributed by atoms with Gasteiger partial charge in [-0.1, -0.05) is 18.2 Å². The first-order valence-electron chi connectivity index (χ1n) is 9.15. The zero-order chi connectivity index (χ0) is 21.0. The minimum absolute atomic E-state index is 0.266. The maximum absolute atomic E-state index is 12.2. The summed E-state index contributed by atoms with van der Waals surface area (Å²) in [6.45, 7) is 1.73. The van der Waals surface area contributed by atoms with Crippen LogP contribution in [0, 0.1) is 0 Å². The monoisotopic (exact) mass is 413 g/mol. The van der Waals surface area contributed by atoms with Gasteiger partial charge in [0.25, 0.3) is 0 Å². The molecule has 29 heavy (non-hydrogen) atoms. The summed E-state index contributed by atoms with van der Waals surface area (Å²) in [6.07, 6.45) is 0. The van der Waals surface area contributed by atoms with Crippen molar-refractivity contribution in [1.82, 2.24) is 0 Å². The van der Waals surface area contributed by atoms with Gasteiger partial charge in [-0.3, -0.25) is 0 Å². The third kappa shape index (κ3) is 4.51. The van der Waals surface area contributed by atoms with Crippen LogP contribution in [-0.2, 0) is 14.3 Å².